The number of anilines is 2. The van der Waals surface area contributed by atoms with E-state index in [0.717, 1.165) is 57.7 Å². The molecule has 1 aliphatic rings. The molecule has 1 atom stereocenters. The molecular weight excluding hydrogens is 524 g/mol. The van der Waals surface area contributed by atoms with Gasteiger partial charge in [0, 0.05) is 18.1 Å². The molecule has 42 heavy (non-hydrogen) atoms. The van der Waals surface area contributed by atoms with Gasteiger partial charge in [0.05, 0.1) is 29.9 Å². The number of carbonyl (C=O) groups is 2. The van der Waals surface area contributed by atoms with E-state index in [1.165, 1.54) is 0 Å². The number of nitrogens with zero attached hydrogens (tertiary/aromatic N) is 3. The number of unbranched alkanes of at least 4 members (excludes halogenated alkanes) is 1. The number of fused-ring (bicyclic) bond motifs is 4. The number of urea groups is 1. The molecule has 1 aromatic heterocycles. The molecule has 2 heterocycles. The second-order valence-corrected chi connectivity index (χ2v) is 10.5. The van der Waals surface area contributed by atoms with Crippen LogP contribution in [0.15, 0.2) is 109 Å². The molecule has 7 nitrogen and oxygen atoms in total. The number of nitrogens with one attached hydrogen (secondary N) is 1. The van der Waals surface area contributed by atoms with E-state index in [2.05, 4.69) is 16.8 Å². The smallest absolute Gasteiger partial charge is 0.322 e. The average Bonchev–Trinajstić information content (AvgIpc) is 3.52. The van der Waals surface area contributed by atoms with Crippen LogP contribution in [0.3, 0.4) is 0 Å². The van der Waals surface area contributed by atoms with E-state index in [-0.39, 0.29) is 24.5 Å². The van der Waals surface area contributed by atoms with Crippen molar-refractivity contribution in [2.45, 2.75) is 25.8 Å². The van der Waals surface area contributed by atoms with Crippen molar-refractivity contribution >= 4 is 34.1 Å². The summed E-state index contributed by atoms with van der Waals surface area (Å²) in [6.45, 7) is 2.49. The van der Waals surface area contributed by atoms with Crippen molar-refractivity contribution in [3.63, 3.8) is 0 Å². The second-order valence-electron chi connectivity index (χ2n) is 10.5. The van der Waals surface area contributed by atoms with Crippen molar-refractivity contribution in [1.29, 1.82) is 0 Å². The van der Waals surface area contributed by atoms with Crippen molar-refractivity contribution < 1.29 is 14.3 Å². The van der Waals surface area contributed by atoms with Crippen molar-refractivity contribution in [3.05, 3.63) is 121 Å². The highest BCUT2D eigenvalue weighted by Crippen LogP contribution is 2.42. The summed E-state index contributed by atoms with van der Waals surface area (Å²) in [4.78, 5) is 31.6. The van der Waals surface area contributed by atoms with E-state index >= 15 is 0 Å². The third-order valence-electron chi connectivity index (χ3n) is 7.85. The Bertz CT molecular complexity index is 1720. The number of amides is 3. The van der Waals surface area contributed by atoms with Crippen LogP contribution in [0.2, 0.25) is 0 Å². The van der Waals surface area contributed by atoms with Crippen LogP contribution < -0.4 is 15.0 Å². The number of methoxy groups -OCH3 is 1. The highest BCUT2D eigenvalue weighted by Gasteiger charge is 2.37. The Morgan fingerprint density at radius 3 is 2.38 bits per heavy atom. The Morgan fingerprint density at radius 1 is 0.857 bits per heavy atom. The molecule has 3 amide bonds. The van der Waals surface area contributed by atoms with Gasteiger partial charge in [-0.3, -0.25) is 9.69 Å². The third-order valence-corrected chi connectivity index (χ3v) is 7.85. The monoisotopic (exact) mass is 558 g/mol. The van der Waals surface area contributed by atoms with Crippen molar-refractivity contribution in [2.75, 3.05) is 30.4 Å². The van der Waals surface area contributed by atoms with Crippen LogP contribution in [-0.4, -0.2) is 41.6 Å². The Labute approximate surface area is 245 Å². The van der Waals surface area contributed by atoms with E-state index in [1.807, 2.05) is 114 Å². The lowest BCUT2D eigenvalue weighted by molar-refractivity contribution is -0.119. The van der Waals surface area contributed by atoms with Crippen LogP contribution in [0.5, 0.6) is 5.75 Å². The maximum absolute atomic E-state index is 14.4. The molecule has 0 saturated heterocycles. The molecule has 5 aromatic rings. The van der Waals surface area contributed by atoms with Gasteiger partial charge in [-0.15, -0.1) is 0 Å². The Balaban J connectivity index is 1.35. The van der Waals surface area contributed by atoms with Crippen molar-refractivity contribution in [1.82, 2.24) is 9.47 Å². The zero-order chi connectivity index (χ0) is 29.1. The quantitative estimate of drug-likeness (QED) is 0.216. The van der Waals surface area contributed by atoms with E-state index in [0.29, 0.717) is 6.54 Å². The van der Waals surface area contributed by atoms with Crippen LogP contribution in [0.4, 0.5) is 16.2 Å². The van der Waals surface area contributed by atoms with E-state index in [4.69, 9.17) is 4.74 Å². The zero-order valence-electron chi connectivity index (χ0n) is 23.9. The zero-order valence-corrected chi connectivity index (χ0v) is 23.9. The van der Waals surface area contributed by atoms with Crippen LogP contribution in [-0.2, 0) is 4.79 Å². The van der Waals surface area contributed by atoms with Crippen molar-refractivity contribution in [3.8, 4) is 11.4 Å². The number of ether oxygens (including phenoxy) is 1. The summed E-state index contributed by atoms with van der Waals surface area (Å²) in [6, 6.07) is 32.9. The molecule has 0 fully saturated rings. The van der Waals surface area contributed by atoms with Gasteiger partial charge in [0.2, 0.25) is 5.91 Å². The summed E-state index contributed by atoms with van der Waals surface area (Å²) in [5.74, 6) is 0.596. The van der Waals surface area contributed by atoms with Gasteiger partial charge in [0.1, 0.15) is 18.3 Å². The highest BCUT2D eigenvalue weighted by atomic mass is 16.5. The lowest BCUT2D eigenvalue weighted by Gasteiger charge is -2.39. The first kappa shape index (κ1) is 27.1. The molecule has 1 unspecified atom stereocenters. The van der Waals surface area contributed by atoms with Crippen LogP contribution in [0.1, 0.15) is 37.1 Å². The van der Waals surface area contributed by atoms with Crippen molar-refractivity contribution in [2.24, 2.45) is 0 Å². The molecule has 4 aromatic carbocycles. The Hall–Kier alpha value is -5.04. The topological polar surface area (TPSA) is 66.8 Å². The maximum Gasteiger partial charge on any atom is 0.322 e. The predicted molar refractivity (Wildman–Crippen MR) is 168 cm³/mol. The van der Waals surface area contributed by atoms with Crippen LogP contribution >= 0.6 is 0 Å². The molecule has 6 rings (SSSR count). The molecule has 212 valence electrons. The molecule has 0 radical (unpaired) electrons. The minimum atomic E-state index is -0.373. The number of hydrogen-bond donors (Lipinski definition) is 1. The van der Waals surface area contributed by atoms with E-state index < -0.39 is 0 Å². The summed E-state index contributed by atoms with van der Waals surface area (Å²) in [6.07, 6.45) is 3.72. The summed E-state index contributed by atoms with van der Waals surface area (Å²) in [7, 11) is 1.64. The molecule has 1 N–H and O–H groups in total. The van der Waals surface area contributed by atoms with Gasteiger partial charge in [-0.2, -0.15) is 0 Å². The summed E-state index contributed by atoms with van der Waals surface area (Å²) in [5.41, 5.74) is 4.39. The van der Waals surface area contributed by atoms with Crippen LogP contribution in [0, 0.1) is 0 Å². The number of benzene rings is 4. The number of hydrogen-bond acceptors (Lipinski definition) is 3. The summed E-state index contributed by atoms with van der Waals surface area (Å²) < 4.78 is 7.53. The van der Waals surface area contributed by atoms with E-state index in [1.54, 1.807) is 12.0 Å². The molecule has 0 spiro atoms. The standard InChI is InChI=1S/C35H34N4O3/c1-3-4-22-37(35(41)36-29-14-9-12-25-11-5-6-13-28(25)29)24-33(40)39-31-16-8-7-15-30(31)38-23-10-17-32(38)34(39)26-18-20-27(42-2)21-19-26/h5-21,23,34H,3-4,22,24H2,1-2H3,(H,36,41). The first-order chi connectivity index (χ1) is 20.6. The number of aromatic nitrogens is 1. The normalized spacial score (nSPS) is 13.8. The molecule has 0 bridgehead atoms. The van der Waals surface area contributed by atoms with Crippen LogP contribution in [0.25, 0.3) is 16.5 Å². The lowest BCUT2D eigenvalue weighted by atomic mass is 9.97. The number of para-hydroxylation sites is 2. The minimum Gasteiger partial charge on any atom is -0.497 e. The molecular formula is C35H34N4O3. The molecule has 0 aliphatic carbocycles. The van der Waals surface area contributed by atoms with Gasteiger partial charge in [0.25, 0.3) is 0 Å². The SMILES string of the molecule is CCCCN(CC(=O)N1c2ccccc2-n2cccc2C1c1ccc(OC)cc1)C(=O)Nc1cccc2ccccc12. The summed E-state index contributed by atoms with van der Waals surface area (Å²) >= 11 is 0. The second kappa shape index (κ2) is 11.8. The van der Waals surface area contributed by atoms with Gasteiger partial charge in [-0.1, -0.05) is 74.0 Å². The Morgan fingerprint density at radius 2 is 1.60 bits per heavy atom. The van der Waals surface area contributed by atoms with Gasteiger partial charge >= 0.3 is 6.03 Å². The lowest BCUT2D eigenvalue weighted by Crippen LogP contribution is -2.48. The van der Waals surface area contributed by atoms with Gasteiger partial charge in [-0.25, -0.2) is 4.79 Å². The van der Waals surface area contributed by atoms with Gasteiger partial charge < -0.3 is 19.5 Å². The minimum absolute atomic E-state index is 0.0572. The summed E-state index contributed by atoms with van der Waals surface area (Å²) in [5, 5.41) is 5.09. The molecule has 7 heteroatoms. The predicted octanol–water partition coefficient (Wildman–Crippen LogP) is 7.41. The number of rotatable bonds is 8. The first-order valence-corrected chi connectivity index (χ1v) is 14.4. The average molecular weight is 559 g/mol. The third kappa shape index (κ3) is 5.09. The van der Waals surface area contributed by atoms with E-state index in [9.17, 15) is 9.59 Å². The number of carbonyl (C=O) groups excluding carboxylic acids is 2. The van der Waals surface area contributed by atoms with Gasteiger partial charge in [-0.05, 0) is 59.8 Å². The fourth-order valence-corrected chi connectivity index (χ4v) is 5.73. The highest BCUT2D eigenvalue weighted by molar-refractivity contribution is 6.04. The fraction of sp³-hybridized carbons (Fsp3) is 0.200. The maximum atomic E-state index is 14.4. The van der Waals surface area contributed by atoms with Gasteiger partial charge in [0.15, 0.2) is 0 Å². The molecule has 0 saturated carbocycles. The molecule has 1 aliphatic heterocycles. The Kier molecular flexibility index (Phi) is 7.64. The largest absolute Gasteiger partial charge is 0.497 e. The fourth-order valence-electron chi connectivity index (χ4n) is 5.73. The first-order valence-electron chi connectivity index (χ1n) is 14.4.